The van der Waals surface area contributed by atoms with Gasteiger partial charge in [-0.25, -0.2) is 9.18 Å². The average Bonchev–Trinajstić information content (AvgIpc) is 2.64. The number of hydrogen-bond donors (Lipinski definition) is 2. The van der Waals surface area contributed by atoms with Crippen LogP contribution >= 0.6 is 0 Å². The number of hydrogen-bond acceptors (Lipinski definition) is 3. The predicted octanol–water partition coefficient (Wildman–Crippen LogP) is 3.13. The molecule has 1 aliphatic heterocycles. The molecule has 1 aliphatic rings. The highest BCUT2D eigenvalue weighted by Gasteiger charge is 2.36. The largest absolute Gasteiger partial charge is 0.465 e. The Morgan fingerprint density at radius 3 is 2.46 bits per heavy atom. The van der Waals surface area contributed by atoms with E-state index in [1.54, 1.807) is 11.0 Å². The molecule has 1 aromatic carbocycles. The fourth-order valence-corrected chi connectivity index (χ4v) is 3.12. The fraction of sp³-hybridized carbons (Fsp3) is 0.556. The van der Waals surface area contributed by atoms with E-state index in [4.69, 9.17) is 5.11 Å². The normalized spacial score (nSPS) is 16.5. The minimum Gasteiger partial charge on any atom is -0.465 e. The van der Waals surface area contributed by atoms with Gasteiger partial charge in [-0.05, 0) is 37.5 Å². The summed E-state index contributed by atoms with van der Waals surface area (Å²) in [7, 11) is 1.38. The Morgan fingerprint density at radius 1 is 1.29 bits per heavy atom. The van der Waals surface area contributed by atoms with Crippen LogP contribution in [0.15, 0.2) is 24.3 Å². The number of nitrogens with one attached hydrogen (secondary N) is 1. The lowest BCUT2D eigenvalue weighted by atomic mass is 9.89. The number of anilines is 1. The van der Waals surface area contributed by atoms with E-state index in [1.807, 2.05) is 0 Å². The lowest BCUT2D eigenvalue weighted by molar-refractivity contribution is -0.137. The molecule has 156 valence electrons. The summed E-state index contributed by atoms with van der Waals surface area (Å²) in [6.45, 7) is -0.0677. The number of carboxylic acid groups (broad SMARTS) is 1. The lowest BCUT2D eigenvalue weighted by Crippen LogP contribution is -2.45. The monoisotopic (exact) mass is 405 g/mol. The number of carbonyl (C=O) groups is 2. The van der Waals surface area contributed by atoms with Crippen LogP contribution < -0.4 is 10.2 Å². The summed E-state index contributed by atoms with van der Waals surface area (Å²) >= 11 is 0. The number of carbonyl (C=O) groups excluding carboxylic acids is 1. The van der Waals surface area contributed by atoms with Gasteiger partial charge in [-0.1, -0.05) is 6.07 Å². The van der Waals surface area contributed by atoms with Crippen molar-refractivity contribution in [3.8, 4) is 0 Å². The van der Waals surface area contributed by atoms with E-state index in [2.05, 4.69) is 5.32 Å². The molecule has 0 atom stereocenters. The van der Waals surface area contributed by atoms with E-state index in [0.717, 1.165) is 17.0 Å². The van der Waals surface area contributed by atoms with Gasteiger partial charge < -0.3 is 15.3 Å². The molecule has 0 bridgehead atoms. The SMILES string of the molecule is CNC(=O)CN(CCC1(F)CCN(c2cccc(C(F)(F)F)c2)CC1)C(=O)O. The molecule has 10 heteroatoms. The van der Waals surface area contributed by atoms with Gasteiger partial charge in [0.25, 0.3) is 0 Å². The van der Waals surface area contributed by atoms with Crippen molar-refractivity contribution >= 4 is 17.7 Å². The van der Waals surface area contributed by atoms with E-state index in [1.165, 1.54) is 13.1 Å². The molecule has 2 N–H and O–H groups in total. The maximum Gasteiger partial charge on any atom is 0.416 e. The maximum atomic E-state index is 15.0. The number of alkyl halides is 4. The van der Waals surface area contributed by atoms with Crippen LogP contribution in [0, 0.1) is 0 Å². The molecule has 0 spiro atoms. The molecule has 1 saturated heterocycles. The second-order valence-corrected chi connectivity index (χ2v) is 6.81. The third kappa shape index (κ3) is 5.74. The van der Waals surface area contributed by atoms with Crippen LogP contribution in [0.5, 0.6) is 0 Å². The molecule has 0 aromatic heterocycles. The van der Waals surface area contributed by atoms with Crippen LogP contribution in [0.25, 0.3) is 0 Å². The van der Waals surface area contributed by atoms with Gasteiger partial charge in [-0.2, -0.15) is 13.2 Å². The van der Waals surface area contributed by atoms with Gasteiger partial charge in [-0.15, -0.1) is 0 Å². The van der Waals surface area contributed by atoms with Crippen molar-refractivity contribution in [3.05, 3.63) is 29.8 Å². The minimum atomic E-state index is -4.44. The quantitative estimate of drug-likeness (QED) is 0.714. The Kier molecular flexibility index (Phi) is 6.73. The van der Waals surface area contributed by atoms with E-state index >= 15 is 4.39 Å². The first-order valence-corrected chi connectivity index (χ1v) is 8.84. The van der Waals surface area contributed by atoms with Crippen molar-refractivity contribution in [3.63, 3.8) is 0 Å². The van der Waals surface area contributed by atoms with Gasteiger partial charge in [-0.3, -0.25) is 9.69 Å². The third-order valence-electron chi connectivity index (χ3n) is 4.91. The van der Waals surface area contributed by atoms with Crippen LogP contribution in [0.1, 0.15) is 24.8 Å². The number of benzene rings is 1. The van der Waals surface area contributed by atoms with E-state index in [9.17, 15) is 22.8 Å². The highest BCUT2D eigenvalue weighted by atomic mass is 19.4. The van der Waals surface area contributed by atoms with E-state index < -0.39 is 29.4 Å². The first kappa shape index (κ1) is 21.8. The summed E-state index contributed by atoms with van der Waals surface area (Å²) in [5.41, 5.74) is -2.01. The summed E-state index contributed by atoms with van der Waals surface area (Å²) in [5.74, 6) is -0.491. The predicted molar refractivity (Wildman–Crippen MR) is 95.0 cm³/mol. The first-order valence-electron chi connectivity index (χ1n) is 8.84. The molecule has 6 nitrogen and oxygen atoms in total. The van der Waals surface area contributed by atoms with Crippen LogP contribution in [-0.2, 0) is 11.0 Å². The Balaban J connectivity index is 1.94. The average molecular weight is 405 g/mol. The summed E-state index contributed by atoms with van der Waals surface area (Å²) in [4.78, 5) is 25.1. The molecular weight excluding hydrogens is 382 g/mol. The van der Waals surface area contributed by atoms with Crippen LogP contribution in [-0.4, -0.2) is 60.9 Å². The standard InChI is InChI=1S/C18H23F4N3O3/c1-23-15(26)12-25(16(27)28)10-7-17(19)5-8-24(9-6-17)14-4-2-3-13(11-14)18(20,21)22/h2-4,11H,5-10,12H2,1H3,(H,23,26)(H,27,28). The second kappa shape index (κ2) is 8.66. The van der Waals surface area contributed by atoms with Gasteiger partial charge in [0.2, 0.25) is 5.91 Å². The van der Waals surface area contributed by atoms with Crippen molar-refractivity contribution in [1.29, 1.82) is 0 Å². The molecule has 0 aliphatic carbocycles. The summed E-state index contributed by atoms with van der Waals surface area (Å²) < 4.78 is 53.6. The summed E-state index contributed by atoms with van der Waals surface area (Å²) in [6.07, 6.45) is -5.70. The van der Waals surface area contributed by atoms with Crippen molar-refractivity contribution in [1.82, 2.24) is 10.2 Å². The number of nitrogens with zero attached hydrogens (tertiary/aromatic N) is 2. The third-order valence-corrected chi connectivity index (χ3v) is 4.91. The highest BCUT2D eigenvalue weighted by Crippen LogP contribution is 2.35. The Bertz CT molecular complexity index is 704. The molecule has 2 rings (SSSR count). The lowest BCUT2D eigenvalue weighted by Gasteiger charge is -2.38. The van der Waals surface area contributed by atoms with E-state index in [-0.39, 0.29) is 45.4 Å². The molecule has 0 saturated carbocycles. The van der Waals surface area contributed by atoms with E-state index in [0.29, 0.717) is 5.69 Å². The number of halogens is 4. The minimum absolute atomic E-state index is 0.0661. The number of piperidine rings is 1. The van der Waals surface area contributed by atoms with Gasteiger partial charge in [0.05, 0.1) is 5.56 Å². The molecule has 1 heterocycles. The zero-order valence-electron chi connectivity index (χ0n) is 15.4. The van der Waals surface area contributed by atoms with Crippen molar-refractivity contribution in [2.24, 2.45) is 0 Å². The molecule has 28 heavy (non-hydrogen) atoms. The highest BCUT2D eigenvalue weighted by molar-refractivity contribution is 5.81. The second-order valence-electron chi connectivity index (χ2n) is 6.81. The zero-order valence-corrected chi connectivity index (χ0v) is 15.4. The molecule has 1 aromatic rings. The number of amides is 2. The molecule has 0 radical (unpaired) electrons. The molecule has 1 fully saturated rings. The number of likely N-dealkylation sites (N-methyl/N-ethyl adjacent to an activating group) is 1. The van der Waals surface area contributed by atoms with Gasteiger partial charge in [0.15, 0.2) is 0 Å². The molecular formula is C18H23F4N3O3. The Labute approximate surface area is 160 Å². The Morgan fingerprint density at radius 2 is 1.93 bits per heavy atom. The van der Waals surface area contributed by atoms with Crippen LogP contribution in [0.3, 0.4) is 0 Å². The van der Waals surface area contributed by atoms with Crippen molar-refractivity contribution in [2.75, 3.05) is 38.1 Å². The summed E-state index contributed by atoms with van der Waals surface area (Å²) in [6, 6.07) is 4.90. The topological polar surface area (TPSA) is 72.9 Å². The smallest absolute Gasteiger partial charge is 0.416 e. The van der Waals surface area contributed by atoms with Crippen LogP contribution in [0.2, 0.25) is 0 Å². The molecule has 0 unspecified atom stereocenters. The fourth-order valence-electron chi connectivity index (χ4n) is 3.12. The van der Waals surface area contributed by atoms with Gasteiger partial charge >= 0.3 is 12.3 Å². The zero-order chi connectivity index (χ0) is 20.9. The molecule has 2 amide bonds. The summed E-state index contributed by atoms with van der Waals surface area (Å²) in [5, 5.41) is 11.4. The maximum absolute atomic E-state index is 15.0. The Hall–Kier alpha value is -2.52. The number of rotatable bonds is 6. The van der Waals surface area contributed by atoms with Crippen LogP contribution in [0.4, 0.5) is 28.0 Å². The van der Waals surface area contributed by atoms with Crippen molar-refractivity contribution in [2.45, 2.75) is 31.1 Å². The van der Waals surface area contributed by atoms with Crippen molar-refractivity contribution < 1.29 is 32.3 Å². The first-order chi connectivity index (χ1) is 13.0. The van der Waals surface area contributed by atoms with Gasteiger partial charge in [0, 0.05) is 32.4 Å². The van der Waals surface area contributed by atoms with Gasteiger partial charge in [0.1, 0.15) is 12.2 Å².